The molecule has 2 aromatic heterocycles. The fourth-order valence-electron chi connectivity index (χ4n) is 6.49. The lowest BCUT2D eigenvalue weighted by atomic mass is 9.46. The number of anilines is 1. The number of aromatic nitrogens is 6. The van der Waals surface area contributed by atoms with E-state index in [-0.39, 0.29) is 11.4 Å². The Labute approximate surface area is 186 Å². The Morgan fingerprint density at radius 1 is 1.23 bits per heavy atom. The Bertz CT molecular complexity index is 1010. The van der Waals surface area contributed by atoms with Gasteiger partial charge in [-0.1, -0.05) is 0 Å². The monoisotopic (exact) mass is 443 g/mol. The largest absolute Gasteiger partial charge is 0.329 e. The normalized spacial score (nSPS) is 30.9. The van der Waals surface area contributed by atoms with Crippen molar-refractivity contribution in [2.45, 2.75) is 71.4 Å². The number of hydrogen-bond donors (Lipinski definition) is 3. The van der Waals surface area contributed by atoms with Gasteiger partial charge in [-0.05, 0) is 88.6 Å². The summed E-state index contributed by atoms with van der Waals surface area (Å²) in [6, 6.07) is 0. The molecule has 2 unspecified atom stereocenters. The predicted molar refractivity (Wildman–Crippen MR) is 118 cm³/mol. The van der Waals surface area contributed by atoms with Crippen LogP contribution in [-0.2, 0) is 16.9 Å². The molecule has 4 aliphatic rings. The van der Waals surface area contributed by atoms with Gasteiger partial charge in [-0.15, -0.1) is 10.2 Å². The van der Waals surface area contributed by atoms with Crippen molar-refractivity contribution in [3.05, 3.63) is 17.7 Å². The second-order valence-corrected chi connectivity index (χ2v) is 9.99. The summed E-state index contributed by atoms with van der Waals surface area (Å²) < 4.78 is 1.89. The predicted octanol–water partition coefficient (Wildman–Crippen LogP) is 1.82. The standard InChI is InChI=1S/C20H29N9OS/c1-4-28-12(2)16(10-21-28)22-18(31)25-24-17(30)19-6-14-5-15(7-19)9-20(8-14,11-19)29-26-13(3)23-27-29/h10,14-15H,4-9,11H2,1-3H3,(H,24,30)(H2,22,25,31). The zero-order valence-corrected chi connectivity index (χ0v) is 19.0. The van der Waals surface area contributed by atoms with Gasteiger partial charge in [0.15, 0.2) is 10.9 Å². The lowest BCUT2D eigenvalue weighted by molar-refractivity contribution is -0.158. The van der Waals surface area contributed by atoms with Crippen LogP contribution in [0.3, 0.4) is 0 Å². The molecular formula is C20H29N9OS. The van der Waals surface area contributed by atoms with E-state index in [0.717, 1.165) is 50.0 Å². The number of hydrazine groups is 1. The van der Waals surface area contributed by atoms with Crippen LogP contribution in [0.2, 0.25) is 0 Å². The maximum atomic E-state index is 13.4. The van der Waals surface area contributed by atoms with Crippen molar-refractivity contribution < 1.29 is 4.79 Å². The maximum absolute atomic E-state index is 13.4. The van der Waals surface area contributed by atoms with Crippen LogP contribution in [0.1, 0.15) is 57.0 Å². The minimum Gasteiger partial charge on any atom is -0.329 e. The number of hydrogen-bond acceptors (Lipinski definition) is 6. The zero-order chi connectivity index (χ0) is 21.8. The van der Waals surface area contributed by atoms with Crippen LogP contribution in [0.5, 0.6) is 0 Å². The molecule has 31 heavy (non-hydrogen) atoms. The zero-order valence-electron chi connectivity index (χ0n) is 18.2. The first kappa shape index (κ1) is 20.3. The topological polar surface area (TPSA) is 115 Å². The molecule has 2 atom stereocenters. The highest BCUT2D eigenvalue weighted by molar-refractivity contribution is 7.80. The molecule has 0 radical (unpaired) electrons. The molecule has 1 amide bonds. The maximum Gasteiger partial charge on any atom is 0.244 e. The smallest absolute Gasteiger partial charge is 0.244 e. The van der Waals surface area contributed by atoms with Crippen LogP contribution in [0.25, 0.3) is 0 Å². The average Bonchev–Trinajstić information content (AvgIpc) is 3.31. The van der Waals surface area contributed by atoms with E-state index in [1.54, 1.807) is 11.0 Å². The molecule has 6 rings (SSSR count). The molecule has 2 heterocycles. The van der Waals surface area contributed by atoms with Gasteiger partial charge < -0.3 is 5.32 Å². The van der Waals surface area contributed by atoms with Gasteiger partial charge in [-0.3, -0.25) is 20.3 Å². The van der Waals surface area contributed by atoms with Gasteiger partial charge in [0.25, 0.3) is 0 Å². The molecule has 3 N–H and O–H groups in total. The summed E-state index contributed by atoms with van der Waals surface area (Å²) in [5.41, 5.74) is 6.99. The molecule has 0 spiro atoms. The van der Waals surface area contributed by atoms with Crippen molar-refractivity contribution in [3.8, 4) is 0 Å². The molecule has 4 fully saturated rings. The van der Waals surface area contributed by atoms with E-state index in [1.807, 2.05) is 25.5 Å². The Morgan fingerprint density at radius 3 is 2.58 bits per heavy atom. The van der Waals surface area contributed by atoms with Gasteiger partial charge in [0.05, 0.1) is 28.5 Å². The molecular weight excluding hydrogens is 414 g/mol. The van der Waals surface area contributed by atoms with Crippen LogP contribution < -0.4 is 16.2 Å². The summed E-state index contributed by atoms with van der Waals surface area (Å²) in [6.45, 7) is 6.66. The SMILES string of the molecule is CCn1ncc(NC(=S)NNC(=O)C23CC4CC(C2)CC(n2nnc(C)n2)(C4)C3)c1C. The molecule has 4 saturated carbocycles. The molecule has 4 aliphatic carbocycles. The first-order chi connectivity index (χ1) is 14.8. The first-order valence-corrected chi connectivity index (χ1v) is 11.4. The minimum absolute atomic E-state index is 0.00735. The quantitative estimate of drug-likeness (QED) is 0.484. The summed E-state index contributed by atoms with van der Waals surface area (Å²) in [4.78, 5) is 15.2. The summed E-state index contributed by atoms with van der Waals surface area (Å²) >= 11 is 5.40. The van der Waals surface area contributed by atoms with Crippen molar-refractivity contribution in [3.63, 3.8) is 0 Å². The number of rotatable bonds is 4. The average molecular weight is 444 g/mol. The third kappa shape index (κ3) is 3.38. The molecule has 166 valence electrons. The molecule has 4 bridgehead atoms. The third-order valence-electron chi connectivity index (χ3n) is 7.39. The van der Waals surface area contributed by atoms with Crippen LogP contribution in [0.15, 0.2) is 6.20 Å². The molecule has 2 aromatic rings. The van der Waals surface area contributed by atoms with Gasteiger partial charge in [-0.2, -0.15) is 9.90 Å². The molecule has 0 aliphatic heterocycles. The first-order valence-electron chi connectivity index (χ1n) is 11.0. The van der Waals surface area contributed by atoms with Crippen LogP contribution in [0, 0.1) is 31.1 Å². The highest BCUT2D eigenvalue weighted by atomic mass is 32.1. The van der Waals surface area contributed by atoms with E-state index in [0.29, 0.717) is 22.8 Å². The number of nitrogens with one attached hydrogen (secondary N) is 3. The minimum atomic E-state index is -0.419. The second kappa shape index (κ2) is 7.25. The molecule has 11 heteroatoms. The van der Waals surface area contributed by atoms with Crippen molar-refractivity contribution in [2.75, 3.05) is 5.32 Å². The number of carbonyl (C=O) groups is 1. The van der Waals surface area contributed by atoms with Crippen LogP contribution >= 0.6 is 12.2 Å². The van der Waals surface area contributed by atoms with Crippen molar-refractivity contribution in [1.29, 1.82) is 0 Å². The van der Waals surface area contributed by atoms with Crippen molar-refractivity contribution >= 4 is 28.9 Å². The van der Waals surface area contributed by atoms with Crippen molar-refractivity contribution in [1.82, 2.24) is 40.8 Å². The lowest BCUT2D eigenvalue weighted by Crippen LogP contribution is -2.63. The summed E-state index contributed by atoms with van der Waals surface area (Å²) in [7, 11) is 0. The van der Waals surface area contributed by atoms with E-state index >= 15 is 0 Å². The van der Waals surface area contributed by atoms with E-state index in [2.05, 4.69) is 36.7 Å². The van der Waals surface area contributed by atoms with Crippen molar-refractivity contribution in [2.24, 2.45) is 17.3 Å². The molecule has 10 nitrogen and oxygen atoms in total. The Kier molecular flexibility index (Phi) is 4.76. The summed E-state index contributed by atoms with van der Waals surface area (Å²) in [5, 5.41) is 20.7. The van der Waals surface area contributed by atoms with E-state index in [4.69, 9.17) is 12.2 Å². The fourth-order valence-corrected chi connectivity index (χ4v) is 6.65. The summed E-state index contributed by atoms with van der Waals surface area (Å²) in [5.74, 6) is 1.72. The highest BCUT2D eigenvalue weighted by Crippen LogP contribution is 2.63. The lowest BCUT2D eigenvalue weighted by Gasteiger charge is -2.60. The van der Waals surface area contributed by atoms with Gasteiger partial charge in [-0.25, -0.2) is 0 Å². The van der Waals surface area contributed by atoms with E-state index in [9.17, 15) is 4.79 Å². The molecule has 0 aromatic carbocycles. The summed E-state index contributed by atoms with van der Waals surface area (Å²) in [6.07, 6.45) is 7.57. The fraction of sp³-hybridized carbons (Fsp3) is 0.700. The van der Waals surface area contributed by atoms with Crippen LogP contribution in [-0.4, -0.2) is 41.0 Å². The number of tetrazole rings is 1. The van der Waals surface area contributed by atoms with Gasteiger partial charge in [0.1, 0.15) is 0 Å². The van der Waals surface area contributed by atoms with E-state index in [1.165, 1.54) is 6.42 Å². The number of carbonyl (C=O) groups excluding carboxylic acids is 1. The van der Waals surface area contributed by atoms with Crippen LogP contribution in [0.4, 0.5) is 5.69 Å². The molecule has 0 saturated heterocycles. The Morgan fingerprint density at radius 2 is 1.97 bits per heavy atom. The van der Waals surface area contributed by atoms with Gasteiger partial charge in [0, 0.05) is 6.54 Å². The second-order valence-electron chi connectivity index (χ2n) is 9.58. The number of nitrogens with zero attached hydrogens (tertiary/aromatic N) is 6. The van der Waals surface area contributed by atoms with Gasteiger partial charge >= 0.3 is 0 Å². The van der Waals surface area contributed by atoms with E-state index < -0.39 is 5.41 Å². The Balaban J connectivity index is 1.28. The number of aryl methyl sites for hydroxylation is 2. The van der Waals surface area contributed by atoms with Gasteiger partial charge in [0.2, 0.25) is 5.91 Å². The number of amides is 1. The number of thiocarbonyl (C=S) groups is 1. The highest BCUT2D eigenvalue weighted by Gasteiger charge is 2.62. The third-order valence-corrected chi connectivity index (χ3v) is 7.59. The Hall–Kier alpha value is -2.56.